The fourth-order valence-corrected chi connectivity index (χ4v) is 4.30. The van der Waals surface area contributed by atoms with Crippen LogP contribution in [0.4, 0.5) is 10.1 Å². The van der Waals surface area contributed by atoms with E-state index in [-0.39, 0.29) is 51.8 Å². The summed E-state index contributed by atoms with van der Waals surface area (Å²) in [6.07, 6.45) is 0. The van der Waals surface area contributed by atoms with Gasteiger partial charge in [0.25, 0.3) is 0 Å². The second-order valence-electron chi connectivity index (χ2n) is 6.42. The number of hydrogen-bond donors (Lipinski definition) is 1. The minimum atomic E-state index is -4.02. The van der Waals surface area contributed by atoms with Gasteiger partial charge < -0.3 is 19.5 Å². The van der Waals surface area contributed by atoms with Gasteiger partial charge in [-0.15, -0.1) is 0 Å². The zero-order valence-electron chi connectivity index (χ0n) is 16.3. The molecular weight excluding hydrogens is 415 g/mol. The van der Waals surface area contributed by atoms with Crippen molar-refractivity contribution in [3.8, 4) is 5.75 Å². The number of sulfonamides is 1. The lowest BCUT2D eigenvalue weighted by Gasteiger charge is -2.26. The highest BCUT2D eigenvalue weighted by molar-refractivity contribution is 7.89. The molecule has 3 rings (SSSR count). The number of morpholine rings is 1. The number of anilines is 1. The van der Waals surface area contributed by atoms with Crippen LogP contribution in [0.25, 0.3) is 0 Å². The summed E-state index contributed by atoms with van der Waals surface area (Å²) < 4.78 is 56.6. The van der Waals surface area contributed by atoms with E-state index in [0.717, 1.165) is 16.4 Å². The van der Waals surface area contributed by atoms with Gasteiger partial charge >= 0.3 is 0 Å². The first-order valence-electron chi connectivity index (χ1n) is 9.40. The van der Waals surface area contributed by atoms with Gasteiger partial charge in [-0.2, -0.15) is 4.31 Å². The van der Waals surface area contributed by atoms with Gasteiger partial charge in [0.15, 0.2) is 0 Å². The summed E-state index contributed by atoms with van der Waals surface area (Å²) in [5, 5.41) is 2.51. The predicted octanol–water partition coefficient (Wildman–Crippen LogP) is 1.88. The van der Waals surface area contributed by atoms with Crippen LogP contribution < -0.4 is 10.1 Å². The highest BCUT2D eigenvalue weighted by Gasteiger charge is 2.29. The Morgan fingerprint density at radius 3 is 2.57 bits per heavy atom. The molecule has 0 aromatic heterocycles. The van der Waals surface area contributed by atoms with Crippen LogP contribution in [-0.4, -0.2) is 64.8 Å². The third-order valence-corrected chi connectivity index (χ3v) is 6.19. The van der Waals surface area contributed by atoms with Crippen LogP contribution in [0.3, 0.4) is 0 Å². The summed E-state index contributed by atoms with van der Waals surface area (Å²) in [5.41, 5.74) is 0.164. The number of ether oxygens (including phenoxy) is 3. The van der Waals surface area contributed by atoms with Crippen molar-refractivity contribution in [3.05, 3.63) is 54.3 Å². The lowest BCUT2D eigenvalue weighted by molar-refractivity contribution is -0.120. The third-order valence-electron chi connectivity index (χ3n) is 4.28. The minimum Gasteiger partial charge on any atom is -0.491 e. The van der Waals surface area contributed by atoms with E-state index in [9.17, 15) is 17.6 Å². The van der Waals surface area contributed by atoms with Gasteiger partial charge in [-0.05, 0) is 30.3 Å². The Morgan fingerprint density at radius 1 is 1.10 bits per heavy atom. The molecule has 1 saturated heterocycles. The first-order valence-corrected chi connectivity index (χ1v) is 10.8. The molecule has 0 unspecified atom stereocenters. The molecule has 0 spiro atoms. The van der Waals surface area contributed by atoms with E-state index in [0.29, 0.717) is 5.75 Å². The van der Waals surface area contributed by atoms with Gasteiger partial charge in [0.2, 0.25) is 15.9 Å². The highest BCUT2D eigenvalue weighted by Crippen LogP contribution is 2.23. The molecule has 2 aromatic carbocycles. The van der Waals surface area contributed by atoms with Gasteiger partial charge in [-0.3, -0.25) is 4.79 Å². The molecule has 0 radical (unpaired) electrons. The van der Waals surface area contributed by atoms with E-state index in [1.165, 1.54) is 6.07 Å². The monoisotopic (exact) mass is 438 g/mol. The molecule has 162 valence electrons. The number of benzene rings is 2. The first kappa shape index (κ1) is 22.2. The summed E-state index contributed by atoms with van der Waals surface area (Å²) in [6.45, 7) is 1.03. The fraction of sp³-hybridized carbons (Fsp3) is 0.350. The van der Waals surface area contributed by atoms with E-state index < -0.39 is 26.6 Å². The maximum Gasteiger partial charge on any atom is 0.250 e. The van der Waals surface area contributed by atoms with Crippen LogP contribution in [0, 0.1) is 5.82 Å². The summed E-state index contributed by atoms with van der Waals surface area (Å²) in [5.74, 6) is -0.671. The van der Waals surface area contributed by atoms with Crippen LogP contribution in [-0.2, 0) is 24.3 Å². The van der Waals surface area contributed by atoms with Crippen molar-refractivity contribution in [1.82, 2.24) is 4.31 Å². The summed E-state index contributed by atoms with van der Waals surface area (Å²) >= 11 is 0. The molecule has 0 aliphatic carbocycles. The molecule has 2 aromatic rings. The quantitative estimate of drug-likeness (QED) is 0.601. The smallest absolute Gasteiger partial charge is 0.250 e. The van der Waals surface area contributed by atoms with Gasteiger partial charge in [0.1, 0.15) is 29.7 Å². The predicted molar refractivity (Wildman–Crippen MR) is 107 cm³/mol. The van der Waals surface area contributed by atoms with Gasteiger partial charge in [-0.1, -0.05) is 18.2 Å². The standard InChI is InChI=1S/C20H23FN2O6S/c21-18-7-6-16(14-19(18)30(25,26)23-8-10-27-11-9-23)22-20(24)15-28-12-13-29-17-4-2-1-3-5-17/h1-7,14H,8-13,15H2,(H,22,24). The summed E-state index contributed by atoms with van der Waals surface area (Å²) in [6, 6.07) is 12.6. The Morgan fingerprint density at radius 2 is 1.83 bits per heavy atom. The molecule has 1 N–H and O–H groups in total. The van der Waals surface area contributed by atoms with Gasteiger partial charge in [0, 0.05) is 18.8 Å². The average Bonchev–Trinajstić information content (AvgIpc) is 2.76. The van der Waals surface area contributed by atoms with Crippen molar-refractivity contribution >= 4 is 21.6 Å². The molecular formula is C20H23FN2O6S. The van der Waals surface area contributed by atoms with Crippen molar-refractivity contribution in [3.63, 3.8) is 0 Å². The maximum absolute atomic E-state index is 14.2. The first-order chi connectivity index (χ1) is 14.5. The average molecular weight is 438 g/mol. The van der Waals surface area contributed by atoms with Gasteiger partial charge in [0.05, 0.1) is 19.8 Å². The maximum atomic E-state index is 14.2. The number of halogens is 1. The van der Waals surface area contributed by atoms with Crippen LogP contribution in [0.1, 0.15) is 0 Å². The molecule has 1 aliphatic rings. The number of hydrogen-bond acceptors (Lipinski definition) is 6. The topological polar surface area (TPSA) is 94.2 Å². The molecule has 1 aliphatic heterocycles. The highest BCUT2D eigenvalue weighted by atomic mass is 32.2. The van der Waals surface area contributed by atoms with E-state index in [4.69, 9.17) is 14.2 Å². The third kappa shape index (κ3) is 5.99. The van der Waals surface area contributed by atoms with Crippen LogP contribution in [0.2, 0.25) is 0 Å². The molecule has 1 heterocycles. The lowest BCUT2D eigenvalue weighted by atomic mass is 10.3. The SMILES string of the molecule is O=C(COCCOc1ccccc1)Nc1ccc(F)c(S(=O)(=O)N2CCOCC2)c1. The Labute approximate surface area is 174 Å². The largest absolute Gasteiger partial charge is 0.491 e. The molecule has 1 amide bonds. The van der Waals surface area contributed by atoms with E-state index in [2.05, 4.69) is 5.32 Å². The Bertz CT molecular complexity index is 949. The Hall–Kier alpha value is -2.53. The molecule has 10 heteroatoms. The molecule has 0 saturated carbocycles. The zero-order chi connectivity index (χ0) is 21.4. The molecule has 1 fully saturated rings. The van der Waals surface area contributed by atoms with E-state index >= 15 is 0 Å². The van der Waals surface area contributed by atoms with Crippen molar-refractivity contribution in [1.29, 1.82) is 0 Å². The number of nitrogens with one attached hydrogen (secondary N) is 1. The number of rotatable bonds is 9. The lowest BCUT2D eigenvalue weighted by Crippen LogP contribution is -2.40. The molecule has 0 atom stereocenters. The van der Waals surface area contributed by atoms with Crippen LogP contribution in [0.5, 0.6) is 5.75 Å². The fourth-order valence-electron chi connectivity index (χ4n) is 2.80. The molecule has 8 nitrogen and oxygen atoms in total. The number of para-hydroxylation sites is 1. The number of nitrogens with zero attached hydrogens (tertiary/aromatic N) is 1. The van der Waals surface area contributed by atoms with Crippen LogP contribution in [0.15, 0.2) is 53.4 Å². The van der Waals surface area contributed by atoms with Crippen molar-refractivity contribution in [2.45, 2.75) is 4.90 Å². The zero-order valence-corrected chi connectivity index (χ0v) is 17.1. The Balaban J connectivity index is 1.51. The van der Waals surface area contributed by atoms with E-state index in [1.807, 2.05) is 30.3 Å². The molecule has 0 bridgehead atoms. The van der Waals surface area contributed by atoms with Gasteiger partial charge in [-0.25, -0.2) is 12.8 Å². The summed E-state index contributed by atoms with van der Waals surface area (Å²) in [4.78, 5) is 11.6. The number of carbonyl (C=O) groups excluding carboxylic acids is 1. The van der Waals surface area contributed by atoms with E-state index in [1.54, 1.807) is 0 Å². The Kier molecular flexibility index (Phi) is 7.75. The summed E-state index contributed by atoms with van der Waals surface area (Å²) in [7, 11) is -4.02. The van der Waals surface area contributed by atoms with Crippen molar-refractivity contribution in [2.75, 3.05) is 51.4 Å². The molecule has 30 heavy (non-hydrogen) atoms. The minimum absolute atomic E-state index is 0.150. The second kappa shape index (κ2) is 10.5. The second-order valence-corrected chi connectivity index (χ2v) is 8.33. The number of carbonyl (C=O) groups is 1. The van der Waals surface area contributed by atoms with Crippen LogP contribution >= 0.6 is 0 Å². The van der Waals surface area contributed by atoms with Crippen molar-refractivity contribution in [2.24, 2.45) is 0 Å². The van der Waals surface area contributed by atoms with Crippen molar-refractivity contribution < 1.29 is 31.8 Å². The number of amides is 1. The normalized spacial score (nSPS) is 15.0.